The number of anilines is 2. The highest BCUT2D eigenvalue weighted by atomic mass is 35.5. The first-order valence-corrected chi connectivity index (χ1v) is 10.5. The minimum absolute atomic E-state index is 0.0634. The second kappa shape index (κ2) is 9.90. The molecule has 0 spiro atoms. The average molecular weight is 499 g/mol. The average Bonchev–Trinajstić information content (AvgIpc) is 3.29. The van der Waals surface area contributed by atoms with E-state index in [1.807, 2.05) is 0 Å². The van der Waals surface area contributed by atoms with Gasteiger partial charge in [-0.3, -0.25) is 4.79 Å². The molecule has 11 heteroatoms. The smallest absolute Gasteiger partial charge is 0.437 e. The zero-order valence-electron chi connectivity index (χ0n) is 18.4. The van der Waals surface area contributed by atoms with Crippen molar-refractivity contribution in [1.82, 2.24) is 15.0 Å². The molecule has 3 aromatic carbocycles. The van der Waals surface area contributed by atoms with Gasteiger partial charge in [0, 0.05) is 22.9 Å². The largest absolute Gasteiger partial charge is 0.515 e. The van der Waals surface area contributed by atoms with Crippen molar-refractivity contribution < 1.29 is 27.8 Å². The Morgan fingerprint density at radius 1 is 1.03 bits per heavy atom. The number of hydrogen-bond acceptors (Lipinski definition) is 7. The molecule has 8 nitrogen and oxygen atoms in total. The highest BCUT2D eigenvalue weighted by molar-refractivity contribution is 6.35. The normalized spacial score (nSPS) is 10.7. The molecule has 0 saturated heterocycles. The third-order valence-electron chi connectivity index (χ3n) is 4.98. The van der Waals surface area contributed by atoms with Crippen LogP contribution in [0.1, 0.15) is 21.5 Å². The molecule has 0 aliphatic heterocycles. The van der Waals surface area contributed by atoms with Gasteiger partial charge in [0.2, 0.25) is 0 Å². The number of aromatic nitrogens is 3. The van der Waals surface area contributed by atoms with Crippen molar-refractivity contribution in [2.45, 2.75) is 6.92 Å². The Balaban J connectivity index is 1.59. The molecule has 1 aromatic heterocycles. The topological polar surface area (TPSA) is 95.3 Å². The highest BCUT2D eigenvalue weighted by Crippen LogP contribution is 2.28. The molecule has 1 N–H and O–H groups in total. The van der Waals surface area contributed by atoms with Gasteiger partial charge in [-0.1, -0.05) is 28.0 Å². The van der Waals surface area contributed by atoms with Crippen LogP contribution in [-0.4, -0.2) is 34.0 Å². The summed E-state index contributed by atoms with van der Waals surface area (Å²) in [5.41, 5.74) is 2.26. The Morgan fingerprint density at radius 2 is 1.83 bits per heavy atom. The summed E-state index contributed by atoms with van der Waals surface area (Å²) in [4.78, 5) is 24.5. The minimum Gasteiger partial charge on any atom is -0.437 e. The quantitative estimate of drug-likeness (QED) is 0.272. The van der Waals surface area contributed by atoms with Crippen LogP contribution in [0.25, 0.3) is 5.69 Å². The van der Waals surface area contributed by atoms with Gasteiger partial charge in [-0.25, -0.2) is 18.3 Å². The Morgan fingerprint density at radius 3 is 2.54 bits per heavy atom. The lowest BCUT2D eigenvalue weighted by Crippen LogP contribution is -2.07. The molecule has 178 valence electrons. The van der Waals surface area contributed by atoms with Crippen LogP contribution in [0.15, 0.2) is 60.8 Å². The molecule has 0 amide bonds. The summed E-state index contributed by atoms with van der Waals surface area (Å²) in [6.45, 7) is 1.77. The Hall–Kier alpha value is -4.31. The third kappa shape index (κ3) is 5.28. The molecule has 0 saturated carbocycles. The summed E-state index contributed by atoms with van der Waals surface area (Å²) >= 11 is 6.38. The van der Waals surface area contributed by atoms with Gasteiger partial charge in [-0.05, 0) is 55.0 Å². The van der Waals surface area contributed by atoms with Gasteiger partial charge in [-0.2, -0.15) is 0 Å². The molecule has 0 aliphatic rings. The van der Waals surface area contributed by atoms with Crippen LogP contribution in [0, 0.1) is 18.6 Å². The maximum Gasteiger partial charge on any atom is 0.515 e. The Kier molecular flexibility index (Phi) is 6.74. The highest BCUT2D eigenvalue weighted by Gasteiger charge is 2.18. The second-order valence-electron chi connectivity index (χ2n) is 7.33. The fourth-order valence-corrected chi connectivity index (χ4v) is 3.48. The number of aryl methyl sites for hydroxylation is 1. The number of ether oxygens (including phenoxy) is 2. The molecule has 35 heavy (non-hydrogen) atoms. The summed E-state index contributed by atoms with van der Waals surface area (Å²) in [5.74, 6) is -1.88. The number of ketones is 1. The number of carbonyl (C=O) groups excluding carboxylic acids is 2. The van der Waals surface area contributed by atoms with E-state index in [4.69, 9.17) is 16.3 Å². The maximum atomic E-state index is 13.9. The fourth-order valence-electron chi connectivity index (χ4n) is 3.21. The number of benzene rings is 3. The van der Waals surface area contributed by atoms with Gasteiger partial charge in [0.05, 0.1) is 29.7 Å². The van der Waals surface area contributed by atoms with Crippen molar-refractivity contribution >= 4 is 34.9 Å². The number of methoxy groups -OCH3 is 1. The lowest BCUT2D eigenvalue weighted by molar-refractivity contribution is 0.103. The molecule has 0 fully saturated rings. The summed E-state index contributed by atoms with van der Waals surface area (Å²) in [6, 6.07) is 12.7. The second-order valence-corrected chi connectivity index (χ2v) is 7.74. The van der Waals surface area contributed by atoms with E-state index in [2.05, 4.69) is 20.4 Å². The molecule has 0 atom stereocenters. The van der Waals surface area contributed by atoms with E-state index in [1.165, 1.54) is 36.2 Å². The molecule has 4 aromatic rings. The first kappa shape index (κ1) is 23.8. The zero-order chi connectivity index (χ0) is 25.1. The summed E-state index contributed by atoms with van der Waals surface area (Å²) < 4.78 is 37.6. The van der Waals surface area contributed by atoms with Crippen LogP contribution in [0.5, 0.6) is 5.88 Å². The lowest BCUT2D eigenvalue weighted by Gasteiger charge is -2.12. The van der Waals surface area contributed by atoms with Crippen LogP contribution in [0.4, 0.5) is 25.0 Å². The van der Waals surface area contributed by atoms with Crippen molar-refractivity contribution in [3.8, 4) is 11.6 Å². The first-order valence-electron chi connectivity index (χ1n) is 10.1. The van der Waals surface area contributed by atoms with Crippen LogP contribution < -0.4 is 10.1 Å². The maximum absolute atomic E-state index is 13.9. The molecular formula is C24H17ClF2N4O4. The molecular weight excluding hydrogens is 482 g/mol. The molecule has 0 bridgehead atoms. The number of halogens is 3. The predicted molar refractivity (Wildman–Crippen MR) is 124 cm³/mol. The van der Waals surface area contributed by atoms with Gasteiger partial charge in [0.1, 0.15) is 11.6 Å². The molecule has 0 radical (unpaired) electrons. The van der Waals surface area contributed by atoms with Gasteiger partial charge >= 0.3 is 6.16 Å². The fraction of sp³-hybridized carbons (Fsp3) is 0.0833. The van der Waals surface area contributed by atoms with Crippen molar-refractivity contribution in [3.63, 3.8) is 0 Å². The third-order valence-corrected chi connectivity index (χ3v) is 5.29. The van der Waals surface area contributed by atoms with Crippen molar-refractivity contribution in [2.24, 2.45) is 0 Å². The zero-order valence-corrected chi connectivity index (χ0v) is 19.1. The SMILES string of the molecule is COC(=O)Oc1cn(-c2ccc(C)c(C(=O)c3ccc(Nc4ccc(F)cc4F)cc3Cl)c2)nn1. The van der Waals surface area contributed by atoms with Crippen LogP contribution in [0.3, 0.4) is 0 Å². The first-order chi connectivity index (χ1) is 16.7. The predicted octanol–water partition coefficient (Wildman–Crippen LogP) is 5.63. The number of nitrogens with one attached hydrogen (secondary N) is 1. The van der Waals surface area contributed by atoms with Gasteiger partial charge in [0.25, 0.3) is 5.88 Å². The van der Waals surface area contributed by atoms with Crippen LogP contribution in [-0.2, 0) is 4.74 Å². The van der Waals surface area contributed by atoms with Crippen molar-refractivity contribution in [1.29, 1.82) is 0 Å². The van der Waals surface area contributed by atoms with Crippen molar-refractivity contribution in [2.75, 3.05) is 12.4 Å². The van der Waals surface area contributed by atoms with Crippen LogP contribution >= 0.6 is 11.6 Å². The van der Waals surface area contributed by atoms with Crippen molar-refractivity contribution in [3.05, 3.63) is 94.1 Å². The van der Waals surface area contributed by atoms with Gasteiger partial charge in [0.15, 0.2) is 5.78 Å². The van der Waals surface area contributed by atoms with E-state index in [-0.39, 0.29) is 27.9 Å². The van der Waals surface area contributed by atoms with E-state index in [0.29, 0.717) is 22.5 Å². The van der Waals surface area contributed by atoms with E-state index in [1.54, 1.807) is 31.2 Å². The van der Waals surface area contributed by atoms with Gasteiger partial charge < -0.3 is 14.8 Å². The van der Waals surface area contributed by atoms with Crippen LogP contribution in [0.2, 0.25) is 5.02 Å². The van der Waals surface area contributed by atoms with E-state index in [9.17, 15) is 18.4 Å². The summed E-state index contributed by atoms with van der Waals surface area (Å²) in [5, 5.41) is 10.6. The Labute approximate surface area is 203 Å². The number of rotatable bonds is 6. The summed E-state index contributed by atoms with van der Waals surface area (Å²) in [7, 11) is 1.17. The van der Waals surface area contributed by atoms with E-state index < -0.39 is 17.8 Å². The molecule has 4 rings (SSSR count). The Bertz CT molecular complexity index is 1440. The molecule has 0 unspecified atom stereocenters. The lowest BCUT2D eigenvalue weighted by atomic mass is 9.98. The monoisotopic (exact) mass is 498 g/mol. The molecule has 1 heterocycles. The van der Waals surface area contributed by atoms with Gasteiger partial charge in [-0.15, -0.1) is 0 Å². The van der Waals surface area contributed by atoms with E-state index >= 15 is 0 Å². The van der Waals surface area contributed by atoms with E-state index in [0.717, 1.165) is 12.1 Å². The minimum atomic E-state index is -0.938. The molecule has 0 aliphatic carbocycles. The standard InChI is InChI=1S/C24H17ClF2N4O4/c1-13-3-6-16(31-12-22(29-30-31)35-24(33)34-2)11-18(13)23(32)17-7-5-15(10-19(17)25)28-21-8-4-14(26)9-20(21)27/h3-12,28H,1-2H3. The number of nitrogens with zero attached hydrogens (tertiary/aromatic N) is 3. The number of hydrogen-bond donors (Lipinski definition) is 1. The summed E-state index contributed by atoms with van der Waals surface area (Å²) in [6.07, 6.45) is 0.421. The number of carbonyl (C=O) groups is 2.